The second-order valence-electron chi connectivity index (χ2n) is 3.78. The third-order valence-electron chi connectivity index (χ3n) is 2.91. The van der Waals surface area contributed by atoms with Gasteiger partial charge in [-0.2, -0.15) is 0 Å². The number of nitrogens with one attached hydrogen (secondary N) is 1. The second kappa shape index (κ2) is 3.65. The molecule has 1 heterocycles. The van der Waals surface area contributed by atoms with Gasteiger partial charge in [0.15, 0.2) is 11.6 Å². The van der Waals surface area contributed by atoms with Crippen molar-refractivity contribution in [1.29, 1.82) is 0 Å². The predicted molar refractivity (Wildman–Crippen MR) is 51.2 cm³/mol. The Bertz CT molecular complexity index is 338. The fraction of sp³-hybridized carbons (Fsp3) is 0.455. The van der Waals surface area contributed by atoms with Crippen LogP contribution in [0.3, 0.4) is 0 Å². The molecule has 1 aliphatic heterocycles. The third-order valence-corrected chi connectivity index (χ3v) is 2.91. The highest BCUT2D eigenvalue weighted by Crippen LogP contribution is 2.30. The van der Waals surface area contributed by atoms with Crippen molar-refractivity contribution in [2.75, 3.05) is 6.54 Å². The van der Waals surface area contributed by atoms with Crippen molar-refractivity contribution < 1.29 is 8.78 Å². The summed E-state index contributed by atoms with van der Waals surface area (Å²) in [6, 6.07) is 4.63. The van der Waals surface area contributed by atoms with Gasteiger partial charge in [0, 0.05) is 12.0 Å². The molecule has 0 bridgehead atoms. The maximum atomic E-state index is 13.4. The van der Waals surface area contributed by atoms with E-state index in [1.807, 2.05) is 6.92 Å². The number of rotatable bonds is 1. The zero-order chi connectivity index (χ0) is 10.1. The lowest BCUT2D eigenvalue weighted by Crippen LogP contribution is -2.22. The van der Waals surface area contributed by atoms with Crippen LogP contribution in [-0.2, 0) is 0 Å². The first kappa shape index (κ1) is 9.59. The monoisotopic (exact) mass is 197 g/mol. The Kier molecular flexibility index (Phi) is 2.50. The molecule has 2 atom stereocenters. The molecular formula is C11H13F2N. The average molecular weight is 197 g/mol. The predicted octanol–water partition coefficient (Wildman–Crippen LogP) is 2.43. The Balaban J connectivity index is 2.36. The maximum Gasteiger partial charge on any atom is 0.162 e. The van der Waals surface area contributed by atoms with E-state index >= 15 is 0 Å². The number of halogens is 2. The molecule has 1 aromatic carbocycles. The minimum absolute atomic E-state index is 0.102. The van der Waals surface area contributed by atoms with Crippen molar-refractivity contribution in [3.63, 3.8) is 0 Å². The summed E-state index contributed by atoms with van der Waals surface area (Å²) in [5, 5.41) is 3.23. The van der Waals surface area contributed by atoms with Crippen molar-refractivity contribution in [3.05, 3.63) is 35.4 Å². The van der Waals surface area contributed by atoms with E-state index in [-0.39, 0.29) is 12.0 Å². The lowest BCUT2D eigenvalue weighted by atomic mass is 9.92. The van der Waals surface area contributed by atoms with Gasteiger partial charge in [-0.3, -0.25) is 0 Å². The molecule has 0 spiro atoms. The zero-order valence-electron chi connectivity index (χ0n) is 8.06. The van der Waals surface area contributed by atoms with Crippen LogP contribution in [0.25, 0.3) is 0 Å². The van der Waals surface area contributed by atoms with Gasteiger partial charge < -0.3 is 5.32 Å². The quantitative estimate of drug-likeness (QED) is 0.729. The van der Waals surface area contributed by atoms with E-state index in [0.29, 0.717) is 5.56 Å². The fourth-order valence-electron chi connectivity index (χ4n) is 2.09. The summed E-state index contributed by atoms with van der Waals surface area (Å²) in [7, 11) is 0. The lowest BCUT2D eigenvalue weighted by Gasteiger charge is -2.16. The van der Waals surface area contributed by atoms with Crippen molar-refractivity contribution in [1.82, 2.24) is 5.32 Å². The summed E-state index contributed by atoms with van der Waals surface area (Å²) >= 11 is 0. The first-order chi connectivity index (χ1) is 6.70. The first-order valence-electron chi connectivity index (χ1n) is 4.87. The van der Waals surface area contributed by atoms with Crippen molar-refractivity contribution in [2.45, 2.75) is 25.3 Å². The molecule has 2 unspecified atom stereocenters. The zero-order valence-corrected chi connectivity index (χ0v) is 8.06. The summed E-state index contributed by atoms with van der Waals surface area (Å²) in [6.07, 6.45) is 0.877. The molecule has 1 nitrogen and oxygen atoms in total. The van der Waals surface area contributed by atoms with E-state index in [0.717, 1.165) is 19.0 Å². The minimum Gasteiger partial charge on any atom is -0.314 e. The summed E-state index contributed by atoms with van der Waals surface area (Å²) in [4.78, 5) is 0. The molecule has 0 aliphatic carbocycles. The number of hydrogen-bond acceptors (Lipinski definition) is 1. The van der Waals surface area contributed by atoms with Gasteiger partial charge in [-0.25, -0.2) is 8.78 Å². The third kappa shape index (κ3) is 1.52. The molecule has 1 saturated heterocycles. The van der Waals surface area contributed by atoms with Crippen LogP contribution in [0.1, 0.15) is 24.8 Å². The number of benzene rings is 1. The van der Waals surface area contributed by atoms with Crippen molar-refractivity contribution in [3.8, 4) is 0 Å². The Labute approximate surface area is 82.1 Å². The molecule has 0 aromatic heterocycles. The van der Waals surface area contributed by atoms with E-state index in [1.165, 1.54) is 0 Å². The van der Waals surface area contributed by atoms with Gasteiger partial charge in [0.05, 0.1) is 0 Å². The standard InChI is InChI=1S/C11H13F2N/c1-7-8(5-6-14-7)9-3-2-4-10(12)11(9)13/h2-4,7-8,14H,5-6H2,1H3. The molecular weight excluding hydrogens is 184 g/mol. The lowest BCUT2D eigenvalue weighted by molar-refractivity contribution is 0.478. The Hall–Kier alpha value is -0.960. The minimum atomic E-state index is -0.749. The second-order valence-corrected chi connectivity index (χ2v) is 3.78. The Morgan fingerprint density at radius 3 is 2.79 bits per heavy atom. The molecule has 0 radical (unpaired) electrons. The van der Waals surface area contributed by atoms with E-state index in [4.69, 9.17) is 0 Å². The highest BCUT2D eigenvalue weighted by atomic mass is 19.2. The van der Waals surface area contributed by atoms with Crippen LogP contribution in [-0.4, -0.2) is 12.6 Å². The van der Waals surface area contributed by atoms with E-state index in [9.17, 15) is 8.78 Å². The molecule has 0 saturated carbocycles. The molecule has 0 amide bonds. The van der Waals surface area contributed by atoms with Crippen LogP contribution in [0, 0.1) is 11.6 Å². The van der Waals surface area contributed by atoms with Gasteiger partial charge in [0.2, 0.25) is 0 Å². The molecule has 1 fully saturated rings. The van der Waals surface area contributed by atoms with E-state index < -0.39 is 11.6 Å². The van der Waals surface area contributed by atoms with Gasteiger partial charge in [-0.1, -0.05) is 12.1 Å². The van der Waals surface area contributed by atoms with Crippen LogP contribution < -0.4 is 5.32 Å². The summed E-state index contributed by atoms with van der Waals surface area (Å²) in [6.45, 7) is 2.88. The molecule has 76 valence electrons. The van der Waals surface area contributed by atoms with Gasteiger partial charge in [0.25, 0.3) is 0 Å². The normalized spacial score (nSPS) is 26.8. The van der Waals surface area contributed by atoms with Crippen LogP contribution in [0.5, 0.6) is 0 Å². The molecule has 1 aliphatic rings. The highest BCUT2D eigenvalue weighted by molar-refractivity contribution is 5.25. The van der Waals surface area contributed by atoms with Crippen LogP contribution in [0.15, 0.2) is 18.2 Å². The molecule has 1 aromatic rings. The Morgan fingerprint density at radius 1 is 1.36 bits per heavy atom. The van der Waals surface area contributed by atoms with Crippen molar-refractivity contribution >= 4 is 0 Å². The van der Waals surface area contributed by atoms with Crippen LogP contribution in [0.4, 0.5) is 8.78 Å². The maximum absolute atomic E-state index is 13.4. The SMILES string of the molecule is CC1NCCC1c1cccc(F)c1F. The number of hydrogen-bond donors (Lipinski definition) is 1. The average Bonchev–Trinajstić information content (AvgIpc) is 2.57. The van der Waals surface area contributed by atoms with E-state index in [2.05, 4.69) is 5.32 Å². The molecule has 14 heavy (non-hydrogen) atoms. The first-order valence-corrected chi connectivity index (χ1v) is 4.87. The summed E-state index contributed by atoms with van der Waals surface area (Å²) < 4.78 is 26.4. The van der Waals surface area contributed by atoms with Crippen molar-refractivity contribution in [2.24, 2.45) is 0 Å². The van der Waals surface area contributed by atoms with Gasteiger partial charge in [-0.05, 0) is 31.5 Å². The van der Waals surface area contributed by atoms with Crippen LogP contribution in [0.2, 0.25) is 0 Å². The summed E-state index contributed by atoms with van der Waals surface area (Å²) in [5.41, 5.74) is 0.502. The largest absolute Gasteiger partial charge is 0.314 e. The Morgan fingerprint density at radius 2 is 2.14 bits per heavy atom. The smallest absolute Gasteiger partial charge is 0.162 e. The highest BCUT2D eigenvalue weighted by Gasteiger charge is 2.27. The van der Waals surface area contributed by atoms with Gasteiger partial charge in [0.1, 0.15) is 0 Å². The van der Waals surface area contributed by atoms with Gasteiger partial charge >= 0.3 is 0 Å². The molecule has 3 heteroatoms. The van der Waals surface area contributed by atoms with Gasteiger partial charge in [-0.15, -0.1) is 0 Å². The molecule has 2 rings (SSSR count). The molecule has 1 N–H and O–H groups in total. The fourth-order valence-corrected chi connectivity index (χ4v) is 2.09. The summed E-state index contributed by atoms with van der Waals surface area (Å²) in [5.74, 6) is -1.33. The topological polar surface area (TPSA) is 12.0 Å². The van der Waals surface area contributed by atoms with Crippen LogP contribution >= 0.6 is 0 Å². The van der Waals surface area contributed by atoms with E-state index in [1.54, 1.807) is 12.1 Å².